The number of aromatic hydroxyl groups is 1. The molecular formula is C11H14ClNO2. The summed E-state index contributed by atoms with van der Waals surface area (Å²) in [6.45, 7) is 3.03. The number of phenols is 1. The Morgan fingerprint density at radius 3 is 2.80 bits per heavy atom. The van der Waals surface area contributed by atoms with Crippen molar-refractivity contribution in [3.63, 3.8) is 0 Å². The third kappa shape index (κ3) is 3.13. The van der Waals surface area contributed by atoms with Crippen LogP contribution in [0.25, 0.3) is 0 Å². The van der Waals surface area contributed by atoms with Gasteiger partial charge in [0.05, 0.1) is 0 Å². The molecule has 0 bridgehead atoms. The summed E-state index contributed by atoms with van der Waals surface area (Å²) in [6, 6.07) is 6.32. The number of hydrogen-bond donors (Lipinski definition) is 1. The van der Waals surface area contributed by atoms with Gasteiger partial charge in [-0.05, 0) is 25.1 Å². The fraction of sp³-hybridized carbons (Fsp3) is 0.364. The Labute approximate surface area is 94.3 Å². The van der Waals surface area contributed by atoms with Crippen molar-refractivity contribution >= 4 is 17.5 Å². The van der Waals surface area contributed by atoms with Crippen molar-refractivity contribution in [2.24, 2.45) is 0 Å². The molecule has 1 aromatic carbocycles. The number of phenolic OH excluding ortho intramolecular Hbond substituents is 1. The zero-order valence-corrected chi connectivity index (χ0v) is 9.37. The van der Waals surface area contributed by atoms with E-state index in [0.29, 0.717) is 24.5 Å². The molecule has 0 aromatic heterocycles. The highest BCUT2D eigenvalue weighted by atomic mass is 35.5. The topological polar surface area (TPSA) is 40.5 Å². The third-order valence-corrected chi connectivity index (χ3v) is 2.29. The van der Waals surface area contributed by atoms with Gasteiger partial charge < -0.3 is 10.0 Å². The molecule has 15 heavy (non-hydrogen) atoms. The van der Waals surface area contributed by atoms with Crippen LogP contribution in [0.5, 0.6) is 5.75 Å². The van der Waals surface area contributed by atoms with E-state index in [1.165, 1.54) is 12.1 Å². The Balaban J connectivity index is 2.82. The van der Waals surface area contributed by atoms with E-state index in [2.05, 4.69) is 0 Å². The van der Waals surface area contributed by atoms with Crippen LogP contribution in [0.1, 0.15) is 17.3 Å². The van der Waals surface area contributed by atoms with Gasteiger partial charge in [-0.25, -0.2) is 0 Å². The molecule has 1 aromatic rings. The van der Waals surface area contributed by atoms with Crippen molar-refractivity contribution in [3.8, 4) is 5.75 Å². The summed E-state index contributed by atoms with van der Waals surface area (Å²) < 4.78 is 0. The van der Waals surface area contributed by atoms with Crippen LogP contribution >= 0.6 is 11.6 Å². The summed E-state index contributed by atoms with van der Waals surface area (Å²) in [4.78, 5) is 13.5. The number of carbonyl (C=O) groups excluding carboxylic acids is 1. The molecule has 0 aliphatic rings. The maximum atomic E-state index is 11.9. The molecular weight excluding hydrogens is 214 g/mol. The first-order valence-corrected chi connectivity index (χ1v) is 5.36. The van der Waals surface area contributed by atoms with Crippen molar-refractivity contribution in [2.45, 2.75) is 6.92 Å². The van der Waals surface area contributed by atoms with Crippen LogP contribution in [0.4, 0.5) is 0 Å². The van der Waals surface area contributed by atoms with E-state index in [0.717, 1.165) is 0 Å². The average Bonchev–Trinajstić information content (AvgIpc) is 2.25. The van der Waals surface area contributed by atoms with Crippen LogP contribution in [-0.4, -0.2) is 34.9 Å². The Hall–Kier alpha value is -1.22. The molecule has 0 aliphatic heterocycles. The minimum absolute atomic E-state index is 0.0998. The summed E-state index contributed by atoms with van der Waals surface area (Å²) >= 11 is 5.59. The second-order valence-corrected chi connectivity index (χ2v) is 3.50. The summed E-state index contributed by atoms with van der Waals surface area (Å²) in [7, 11) is 0. The van der Waals surface area contributed by atoms with Crippen LogP contribution in [0.3, 0.4) is 0 Å². The minimum Gasteiger partial charge on any atom is -0.508 e. The largest absolute Gasteiger partial charge is 0.508 e. The van der Waals surface area contributed by atoms with Gasteiger partial charge in [0, 0.05) is 24.5 Å². The molecule has 1 amide bonds. The van der Waals surface area contributed by atoms with E-state index in [4.69, 9.17) is 11.6 Å². The number of hydrogen-bond acceptors (Lipinski definition) is 2. The Morgan fingerprint density at radius 2 is 2.27 bits per heavy atom. The number of rotatable bonds is 4. The quantitative estimate of drug-likeness (QED) is 0.801. The first kappa shape index (κ1) is 11.9. The number of amides is 1. The standard InChI is InChI=1S/C11H14ClNO2/c1-2-13(7-6-12)11(15)9-4-3-5-10(14)8-9/h3-5,8,14H,2,6-7H2,1H3. The van der Waals surface area contributed by atoms with E-state index in [1.54, 1.807) is 17.0 Å². The maximum absolute atomic E-state index is 11.9. The van der Waals surface area contributed by atoms with Crippen LogP contribution < -0.4 is 0 Å². The predicted octanol–water partition coefficient (Wildman–Crippen LogP) is 2.09. The molecule has 3 nitrogen and oxygen atoms in total. The number of nitrogens with zero attached hydrogens (tertiary/aromatic N) is 1. The Kier molecular flexibility index (Phi) is 4.43. The fourth-order valence-electron chi connectivity index (χ4n) is 1.33. The molecule has 0 radical (unpaired) electrons. The summed E-state index contributed by atoms with van der Waals surface area (Å²) in [5.41, 5.74) is 0.488. The van der Waals surface area contributed by atoms with Crippen molar-refractivity contribution < 1.29 is 9.90 Å². The van der Waals surface area contributed by atoms with Crippen molar-refractivity contribution in [1.82, 2.24) is 4.90 Å². The molecule has 4 heteroatoms. The lowest BCUT2D eigenvalue weighted by Gasteiger charge is -2.19. The second kappa shape index (κ2) is 5.61. The maximum Gasteiger partial charge on any atom is 0.254 e. The van der Waals surface area contributed by atoms with Gasteiger partial charge in [-0.15, -0.1) is 11.6 Å². The minimum atomic E-state index is -0.103. The molecule has 0 fully saturated rings. The van der Waals surface area contributed by atoms with E-state index in [-0.39, 0.29) is 11.7 Å². The molecule has 0 saturated carbocycles. The normalized spacial score (nSPS) is 10.0. The number of alkyl halides is 1. The van der Waals surface area contributed by atoms with Gasteiger partial charge in [-0.1, -0.05) is 6.07 Å². The van der Waals surface area contributed by atoms with E-state index in [1.807, 2.05) is 6.92 Å². The summed E-state index contributed by atoms with van der Waals surface area (Å²) in [5.74, 6) is 0.412. The fourth-order valence-corrected chi connectivity index (χ4v) is 1.53. The predicted molar refractivity (Wildman–Crippen MR) is 60.4 cm³/mol. The number of halogens is 1. The van der Waals surface area contributed by atoms with Crippen LogP contribution in [-0.2, 0) is 0 Å². The molecule has 1 rings (SSSR count). The molecule has 0 heterocycles. The van der Waals surface area contributed by atoms with E-state index < -0.39 is 0 Å². The summed E-state index contributed by atoms with van der Waals surface area (Å²) in [6.07, 6.45) is 0. The molecule has 0 atom stereocenters. The van der Waals surface area contributed by atoms with Crippen LogP contribution in [0, 0.1) is 0 Å². The lowest BCUT2D eigenvalue weighted by Crippen LogP contribution is -2.32. The van der Waals surface area contributed by atoms with Crippen molar-refractivity contribution in [1.29, 1.82) is 0 Å². The van der Waals surface area contributed by atoms with Gasteiger partial charge in [-0.2, -0.15) is 0 Å². The molecule has 0 spiro atoms. The highest BCUT2D eigenvalue weighted by Gasteiger charge is 2.13. The second-order valence-electron chi connectivity index (χ2n) is 3.12. The van der Waals surface area contributed by atoms with Crippen molar-refractivity contribution in [2.75, 3.05) is 19.0 Å². The first-order chi connectivity index (χ1) is 7.19. The van der Waals surface area contributed by atoms with E-state index in [9.17, 15) is 9.90 Å². The molecule has 82 valence electrons. The van der Waals surface area contributed by atoms with Gasteiger partial charge in [0.15, 0.2) is 0 Å². The van der Waals surface area contributed by atoms with Crippen molar-refractivity contribution in [3.05, 3.63) is 29.8 Å². The van der Waals surface area contributed by atoms with E-state index >= 15 is 0 Å². The summed E-state index contributed by atoms with van der Waals surface area (Å²) in [5, 5.41) is 9.25. The first-order valence-electron chi connectivity index (χ1n) is 4.83. The number of carbonyl (C=O) groups is 1. The third-order valence-electron chi connectivity index (χ3n) is 2.12. The van der Waals surface area contributed by atoms with Gasteiger partial charge in [0.25, 0.3) is 5.91 Å². The van der Waals surface area contributed by atoms with Gasteiger partial charge in [-0.3, -0.25) is 4.79 Å². The Bertz CT molecular complexity index is 341. The smallest absolute Gasteiger partial charge is 0.254 e. The van der Waals surface area contributed by atoms with Gasteiger partial charge in [0.2, 0.25) is 0 Å². The van der Waals surface area contributed by atoms with Crippen LogP contribution in [0.15, 0.2) is 24.3 Å². The monoisotopic (exact) mass is 227 g/mol. The molecule has 1 N–H and O–H groups in total. The number of benzene rings is 1. The SMILES string of the molecule is CCN(CCCl)C(=O)c1cccc(O)c1. The van der Waals surface area contributed by atoms with Crippen LogP contribution in [0.2, 0.25) is 0 Å². The average molecular weight is 228 g/mol. The lowest BCUT2D eigenvalue weighted by molar-refractivity contribution is 0.0773. The van der Waals surface area contributed by atoms with Gasteiger partial charge in [0.1, 0.15) is 5.75 Å². The molecule has 0 unspecified atom stereocenters. The Morgan fingerprint density at radius 1 is 1.53 bits per heavy atom. The molecule has 0 aliphatic carbocycles. The zero-order chi connectivity index (χ0) is 11.3. The highest BCUT2D eigenvalue weighted by Crippen LogP contribution is 2.12. The van der Waals surface area contributed by atoms with Gasteiger partial charge >= 0.3 is 0 Å². The zero-order valence-electron chi connectivity index (χ0n) is 8.61. The molecule has 0 saturated heterocycles. The highest BCUT2D eigenvalue weighted by molar-refractivity contribution is 6.18. The lowest BCUT2D eigenvalue weighted by atomic mass is 10.2.